The highest BCUT2D eigenvalue weighted by Crippen LogP contribution is 1.93. The average Bonchev–Trinajstić information content (AvgIpc) is 1.63. The minimum absolute atomic E-state index is 0. The van der Waals surface area contributed by atoms with E-state index < -0.39 is 0 Å². The maximum absolute atomic E-state index is 10.6. The Hall–Kier alpha value is -0.660. The molecular formula is C11H28O2. The minimum Gasteiger partial charge on any atom is -0.300 e. The fourth-order valence-electron chi connectivity index (χ4n) is 0.645. The molecule has 0 aromatic heterocycles. The van der Waals surface area contributed by atoms with E-state index in [1.807, 2.05) is 6.92 Å². The summed E-state index contributed by atoms with van der Waals surface area (Å²) in [5.74, 6) is 0.0263. The van der Waals surface area contributed by atoms with E-state index in [-0.39, 0.29) is 47.7 Å². The van der Waals surface area contributed by atoms with Crippen LogP contribution in [0.4, 0.5) is 0 Å². The van der Waals surface area contributed by atoms with Gasteiger partial charge in [-0.05, 0) is 13.3 Å². The SMILES string of the molecule is C.C.C.C.CCCC(=O)CC(C)=O. The second-order valence-electron chi connectivity index (χ2n) is 2.17. The van der Waals surface area contributed by atoms with Crippen molar-refractivity contribution in [2.24, 2.45) is 0 Å². The van der Waals surface area contributed by atoms with E-state index in [2.05, 4.69) is 0 Å². The van der Waals surface area contributed by atoms with Gasteiger partial charge in [0.15, 0.2) is 0 Å². The Balaban J connectivity index is -0.0000000533. The molecule has 13 heavy (non-hydrogen) atoms. The van der Waals surface area contributed by atoms with Gasteiger partial charge in [-0.2, -0.15) is 0 Å². The van der Waals surface area contributed by atoms with Crippen LogP contribution in [0.3, 0.4) is 0 Å². The first-order valence-corrected chi connectivity index (χ1v) is 3.18. The van der Waals surface area contributed by atoms with E-state index in [9.17, 15) is 9.59 Å². The largest absolute Gasteiger partial charge is 0.300 e. The van der Waals surface area contributed by atoms with Gasteiger partial charge in [-0.3, -0.25) is 9.59 Å². The molecule has 0 spiro atoms. The molecule has 0 heterocycles. The quantitative estimate of drug-likeness (QED) is 0.633. The molecule has 0 fully saturated rings. The van der Waals surface area contributed by atoms with Crippen LogP contribution < -0.4 is 0 Å². The van der Waals surface area contributed by atoms with Crippen molar-refractivity contribution in [3.63, 3.8) is 0 Å². The summed E-state index contributed by atoms with van der Waals surface area (Å²) in [6.45, 7) is 3.37. The third kappa shape index (κ3) is 24.6. The van der Waals surface area contributed by atoms with Crippen LogP contribution in [0.5, 0.6) is 0 Å². The van der Waals surface area contributed by atoms with Gasteiger partial charge in [-0.25, -0.2) is 0 Å². The number of carbonyl (C=O) groups excluding carboxylic acids is 2. The molecule has 84 valence electrons. The van der Waals surface area contributed by atoms with Crippen LogP contribution in [0.25, 0.3) is 0 Å². The van der Waals surface area contributed by atoms with Crippen molar-refractivity contribution < 1.29 is 9.59 Å². The number of carbonyl (C=O) groups is 2. The normalized spacial score (nSPS) is 6.31. The number of rotatable bonds is 4. The Kier molecular flexibility index (Phi) is 39.5. The van der Waals surface area contributed by atoms with Crippen LogP contribution in [0, 0.1) is 0 Å². The molecule has 0 saturated carbocycles. The first-order chi connectivity index (χ1) is 4.16. The molecule has 0 rings (SSSR count). The fourth-order valence-corrected chi connectivity index (χ4v) is 0.645. The summed E-state index contributed by atoms with van der Waals surface area (Å²) in [4.78, 5) is 20.9. The third-order valence-corrected chi connectivity index (χ3v) is 0.975. The molecule has 2 nitrogen and oxygen atoms in total. The van der Waals surface area contributed by atoms with Crippen molar-refractivity contribution in [1.29, 1.82) is 0 Å². The van der Waals surface area contributed by atoms with Gasteiger partial charge in [0, 0.05) is 6.42 Å². The van der Waals surface area contributed by atoms with Gasteiger partial charge in [0.2, 0.25) is 0 Å². The Morgan fingerprint density at radius 3 is 1.62 bits per heavy atom. The first kappa shape index (κ1) is 29.5. The number of ketones is 2. The lowest BCUT2D eigenvalue weighted by Crippen LogP contribution is -2.02. The van der Waals surface area contributed by atoms with Crippen LogP contribution in [-0.2, 0) is 9.59 Å². The van der Waals surface area contributed by atoms with Gasteiger partial charge in [-0.15, -0.1) is 0 Å². The van der Waals surface area contributed by atoms with Crippen LogP contribution in [-0.4, -0.2) is 11.6 Å². The molecule has 0 bridgehead atoms. The van der Waals surface area contributed by atoms with Gasteiger partial charge >= 0.3 is 0 Å². The molecule has 0 aromatic rings. The van der Waals surface area contributed by atoms with Crippen molar-refractivity contribution >= 4 is 11.6 Å². The first-order valence-electron chi connectivity index (χ1n) is 3.18. The maximum Gasteiger partial charge on any atom is 0.140 e. The average molecular weight is 192 g/mol. The van der Waals surface area contributed by atoms with Crippen molar-refractivity contribution in [2.45, 2.75) is 62.8 Å². The molecule has 0 aliphatic carbocycles. The summed E-state index contributed by atoms with van der Waals surface area (Å²) in [5, 5.41) is 0. The fraction of sp³-hybridized carbons (Fsp3) is 0.818. The number of hydrogen-bond acceptors (Lipinski definition) is 2. The Bertz CT molecular complexity index is 117. The lowest BCUT2D eigenvalue weighted by atomic mass is 10.1. The number of Topliss-reactive ketones (excluding diaryl/α,β-unsaturated/α-hetero) is 2. The standard InChI is InChI=1S/C7H12O2.4CH4/c1-3-4-7(9)5-6(2)8;;;;/h3-5H2,1-2H3;4*1H4. The van der Waals surface area contributed by atoms with Crippen LogP contribution in [0.1, 0.15) is 62.8 Å². The molecule has 0 saturated heterocycles. The van der Waals surface area contributed by atoms with E-state index in [1.54, 1.807) is 0 Å². The molecule has 0 radical (unpaired) electrons. The van der Waals surface area contributed by atoms with Crippen molar-refractivity contribution in [3.05, 3.63) is 0 Å². The van der Waals surface area contributed by atoms with E-state index in [4.69, 9.17) is 0 Å². The van der Waals surface area contributed by atoms with Crippen LogP contribution in [0.15, 0.2) is 0 Å². The van der Waals surface area contributed by atoms with E-state index in [0.29, 0.717) is 6.42 Å². The highest BCUT2D eigenvalue weighted by Gasteiger charge is 2.01. The predicted molar refractivity (Wildman–Crippen MR) is 62.1 cm³/mol. The summed E-state index contributed by atoms with van der Waals surface area (Å²) in [7, 11) is 0. The Morgan fingerprint density at radius 1 is 1.00 bits per heavy atom. The molecule has 0 aromatic carbocycles. The zero-order chi connectivity index (χ0) is 7.28. The third-order valence-electron chi connectivity index (χ3n) is 0.975. The number of hydrogen-bond donors (Lipinski definition) is 0. The topological polar surface area (TPSA) is 34.1 Å². The summed E-state index contributed by atoms with van der Waals surface area (Å²) >= 11 is 0. The summed E-state index contributed by atoms with van der Waals surface area (Å²) in [6.07, 6.45) is 1.50. The van der Waals surface area contributed by atoms with E-state index in [0.717, 1.165) is 6.42 Å². The molecule has 0 atom stereocenters. The Morgan fingerprint density at radius 2 is 1.38 bits per heavy atom. The van der Waals surface area contributed by atoms with Crippen molar-refractivity contribution in [2.75, 3.05) is 0 Å². The molecule has 0 unspecified atom stereocenters. The van der Waals surface area contributed by atoms with E-state index >= 15 is 0 Å². The van der Waals surface area contributed by atoms with Gasteiger partial charge in [0.1, 0.15) is 11.6 Å². The predicted octanol–water partition coefficient (Wildman–Crippen LogP) is 3.88. The zero-order valence-corrected chi connectivity index (χ0v) is 5.94. The maximum atomic E-state index is 10.6. The second kappa shape index (κ2) is 17.4. The molecule has 0 amide bonds. The minimum atomic E-state index is -0.0338. The molecule has 0 aliphatic rings. The van der Waals surface area contributed by atoms with Gasteiger partial charge in [0.25, 0.3) is 0 Å². The highest BCUT2D eigenvalue weighted by atomic mass is 16.1. The second-order valence-corrected chi connectivity index (χ2v) is 2.17. The highest BCUT2D eigenvalue weighted by molar-refractivity contribution is 5.97. The summed E-state index contributed by atoms with van der Waals surface area (Å²) < 4.78 is 0. The van der Waals surface area contributed by atoms with E-state index in [1.165, 1.54) is 6.92 Å². The summed E-state index contributed by atoms with van der Waals surface area (Å²) in [6, 6.07) is 0. The summed E-state index contributed by atoms with van der Waals surface area (Å²) in [5.41, 5.74) is 0. The monoisotopic (exact) mass is 192 g/mol. The zero-order valence-electron chi connectivity index (χ0n) is 5.94. The lowest BCUT2D eigenvalue weighted by Gasteiger charge is -1.91. The lowest BCUT2D eigenvalue weighted by molar-refractivity contribution is -0.125. The van der Waals surface area contributed by atoms with Gasteiger partial charge < -0.3 is 0 Å². The smallest absolute Gasteiger partial charge is 0.140 e. The molecule has 2 heteroatoms. The molecular weight excluding hydrogens is 164 g/mol. The van der Waals surface area contributed by atoms with Gasteiger partial charge in [-0.1, -0.05) is 36.6 Å². The molecule has 0 N–H and O–H groups in total. The van der Waals surface area contributed by atoms with Crippen molar-refractivity contribution in [1.82, 2.24) is 0 Å². The Labute approximate surface area is 84.7 Å². The van der Waals surface area contributed by atoms with Crippen molar-refractivity contribution in [3.8, 4) is 0 Å². The van der Waals surface area contributed by atoms with Gasteiger partial charge in [0.05, 0.1) is 6.42 Å². The molecule has 0 aliphatic heterocycles. The van der Waals surface area contributed by atoms with Crippen LogP contribution in [0.2, 0.25) is 0 Å². The van der Waals surface area contributed by atoms with Crippen LogP contribution >= 0.6 is 0 Å².